The number of rotatable bonds is 4. The highest BCUT2D eigenvalue weighted by Gasteiger charge is 1.98. The monoisotopic (exact) mass is 185 g/mol. The quantitative estimate of drug-likeness (QED) is 0.571. The van der Waals surface area contributed by atoms with Gasteiger partial charge in [0.25, 0.3) is 0 Å². The van der Waals surface area contributed by atoms with Crippen LogP contribution in [0.4, 0.5) is 4.39 Å². The Morgan fingerprint density at radius 1 is 1.42 bits per heavy atom. The molecule has 0 aliphatic carbocycles. The van der Waals surface area contributed by atoms with Crippen molar-refractivity contribution in [3.05, 3.63) is 35.6 Å². The summed E-state index contributed by atoms with van der Waals surface area (Å²) in [5, 5.41) is 0. The zero-order valence-electron chi connectivity index (χ0n) is 7.01. The molecule has 0 aliphatic heterocycles. The maximum atomic E-state index is 13.0. The molecule has 0 heterocycles. The first-order valence-electron chi connectivity index (χ1n) is 3.92. The molecule has 0 bridgehead atoms. The number of nitrogens with one attached hydrogen (secondary N) is 1. The van der Waals surface area contributed by atoms with Crippen LogP contribution in [0, 0.1) is 5.82 Å². The Kier molecular flexibility index (Phi) is 4.11. The van der Waals surface area contributed by atoms with E-state index in [1.54, 1.807) is 12.1 Å². The highest BCUT2D eigenvalue weighted by molar-refractivity contribution is 7.96. The fraction of sp³-hybridized carbons (Fsp3) is 0.333. The van der Waals surface area contributed by atoms with E-state index in [1.165, 1.54) is 18.0 Å². The Hall–Kier alpha value is -0.540. The summed E-state index contributed by atoms with van der Waals surface area (Å²) >= 11 is 1.53. The lowest BCUT2D eigenvalue weighted by atomic mass is 10.2. The molecule has 1 nitrogen and oxygen atoms in total. The first-order valence-corrected chi connectivity index (χ1v) is 4.91. The average Bonchev–Trinajstić information content (AvgIpc) is 2.09. The minimum absolute atomic E-state index is 0.122. The molecular weight excluding hydrogens is 173 g/mol. The van der Waals surface area contributed by atoms with Crippen molar-refractivity contribution in [3.63, 3.8) is 0 Å². The van der Waals surface area contributed by atoms with Gasteiger partial charge in [-0.15, -0.1) is 0 Å². The third-order valence-electron chi connectivity index (χ3n) is 1.43. The van der Waals surface area contributed by atoms with Gasteiger partial charge in [-0.1, -0.05) is 37.1 Å². The Morgan fingerprint density at radius 2 is 2.17 bits per heavy atom. The molecule has 1 N–H and O–H groups in total. The largest absolute Gasteiger partial charge is 0.264 e. The van der Waals surface area contributed by atoms with Crippen LogP contribution in [0.3, 0.4) is 0 Å². The molecule has 0 saturated heterocycles. The number of benzene rings is 1. The van der Waals surface area contributed by atoms with Crippen molar-refractivity contribution in [2.45, 2.75) is 12.7 Å². The van der Waals surface area contributed by atoms with Crippen molar-refractivity contribution < 1.29 is 4.39 Å². The van der Waals surface area contributed by atoms with Crippen molar-refractivity contribution in [1.29, 1.82) is 0 Å². The maximum Gasteiger partial charge on any atom is 0.127 e. The summed E-state index contributed by atoms with van der Waals surface area (Å²) in [5.41, 5.74) is 0.753. The molecule has 0 aromatic heterocycles. The van der Waals surface area contributed by atoms with Crippen LogP contribution in [0.25, 0.3) is 0 Å². The van der Waals surface area contributed by atoms with Crippen LogP contribution in [0.15, 0.2) is 24.3 Å². The van der Waals surface area contributed by atoms with Crippen LogP contribution >= 0.6 is 11.9 Å². The van der Waals surface area contributed by atoms with Crippen molar-refractivity contribution in [1.82, 2.24) is 4.72 Å². The fourth-order valence-corrected chi connectivity index (χ4v) is 1.54. The van der Waals surface area contributed by atoms with E-state index in [9.17, 15) is 4.39 Å². The SMILES string of the molecule is CCNSCc1ccccc1F. The Balaban J connectivity index is 2.46. The first kappa shape index (κ1) is 9.55. The van der Waals surface area contributed by atoms with Crippen LogP contribution in [-0.4, -0.2) is 6.54 Å². The molecule has 0 fully saturated rings. The van der Waals surface area contributed by atoms with E-state index in [2.05, 4.69) is 4.72 Å². The highest BCUT2D eigenvalue weighted by atomic mass is 32.2. The molecule has 0 atom stereocenters. The van der Waals surface area contributed by atoms with Crippen molar-refractivity contribution >= 4 is 11.9 Å². The van der Waals surface area contributed by atoms with E-state index in [0.29, 0.717) is 5.75 Å². The molecule has 1 aromatic rings. The minimum atomic E-state index is -0.122. The van der Waals surface area contributed by atoms with Gasteiger partial charge >= 0.3 is 0 Å². The molecule has 0 unspecified atom stereocenters. The molecule has 1 rings (SSSR count). The third kappa shape index (κ3) is 2.83. The van der Waals surface area contributed by atoms with Gasteiger partial charge in [0.2, 0.25) is 0 Å². The van der Waals surface area contributed by atoms with Gasteiger partial charge in [-0.2, -0.15) is 0 Å². The molecule has 0 spiro atoms. The summed E-state index contributed by atoms with van der Waals surface area (Å²) in [6.07, 6.45) is 0. The van der Waals surface area contributed by atoms with Crippen molar-refractivity contribution in [2.75, 3.05) is 6.54 Å². The normalized spacial score (nSPS) is 10.2. The van der Waals surface area contributed by atoms with Gasteiger partial charge in [0.1, 0.15) is 5.82 Å². The molecule has 12 heavy (non-hydrogen) atoms. The Labute approximate surface area is 76.5 Å². The second kappa shape index (κ2) is 5.17. The predicted octanol–water partition coefficient (Wildman–Crippen LogP) is 2.58. The first-order chi connectivity index (χ1) is 5.84. The standard InChI is InChI=1S/C9H12FNS/c1-2-11-12-7-8-5-3-4-6-9(8)10/h3-6,11H,2,7H2,1H3. The predicted molar refractivity (Wildman–Crippen MR) is 51.4 cm³/mol. The lowest BCUT2D eigenvalue weighted by Gasteiger charge is -2.01. The summed E-state index contributed by atoms with van der Waals surface area (Å²) in [4.78, 5) is 0. The lowest BCUT2D eigenvalue weighted by Crippen LogP contribution is -2.01. The molecule has 0 saturated carbocycles. The average molecular weight is 185 g/mol. The lowest BCUT2D eigenvalue weighted by molar-refractivity contribution is 0.617. The van der Waals surface area contributed by atoms with Gasteiger partial charge in [-0.05, 0) is 11.6 Å². The van der Waals surface area contributed by atoms with Gasteiger partial charge in [-0.25, -0.2) is 4.39 Å². The van der Waals surface area contributed by atoms with E-state index in [4.69, 9.17) is 0 Å². The van der Waals surface area contributed by atoms with E-state index in [0.717, 1.165) is 12.1 Å². The van der Waals surface area contributed by atoms with Crippen LogP contribution < -0.4 is 4.72 Å². The van der Waals surface area contributed by atoms with Crippen molar-refractivity contribution in [2.24, 2.45) is 0 Å². The zero-order valence-corrected chi connectivity index (χ0v) is 7.83. The second-order valence-electron chi connectivity index (χ2n) is 2.38. The summed E-state index contributed by atoms with van der Waals surface area (Å²) in [6.45, 7) is 2.92. The van der Waals surface area contributed by atoms with Crippen LogP contribution in [0.5, 0.6) is 0 Å². The van der Waals surface area contributed by atoms with Crippen molar-refractivity contribution in [3.8, 4) is 0 Å². The van der Waals surface area contributed by atoms with Crippen LogP contribution in [-0.2, 0) is 5.75 Å². The topological polar surface area (TPSA) is 12.0 Å². The van der Waals surface area contributed by atoms with Gasteiger partial charge in [-0.3, -0.25) is 4.72 Å². The molecule has 0 amide bonds. The highest BCUT2D eigenvalue weighted by Crippen LogP contribution is 2.12. The van der Waals surface area contributed by atoms with E-state index in [1.807, 2.05) is 13.0 Å². The fourth-order valence-electron chi connectivity index (χ4n) is 0.846. The van der Waals surface area contributed by atoms with Gasteiger partial charge < -0.3 is 0 Å². The molecule has 0 aliphatic rings. The second-order valence-corrected chi connectivity index (χ2v) is 3.24. The van der Waals surface area contributed by atoms with Crippen LogP contribution in [0.1, 0.15) is 12.5 Å². The zero-order chi connectivity index (χ0) is 8.81. The summed E-state index contributed by atoms with van der Waals surface area (Å²) in [6, 6.07) is 6.85. The van der Waals surface area contributed by atoms with E-state index in [-0.39, 0.29) is 5.82 Å². The Morgan fingerprint density at radius 3 is 2.83 bits per heavy atom. The number of halogens is 1. The molecule has 1 aromatic carbocycles. The number of hydrogen-bond donors (Lipinski definition) is 1. The van der Waals surface area contributed by atoms with Gasteiger partial charge in [0.15, 0.2) is 0 Å². The molecule has 0 radical (unpaired) electrons. The van der Waals surface area contributed by atoms with E-state index < -0.39 is 0 Å². The minimum Gasteiger partial charge on any atom is -0.264 e. The smallest absolute Gasteiger partial charge is 0.127 e. The Bertz CT molecular complexity index is 240. The number of hydrogen-bond acceptors (Lipinski definition) is 2. The van der Waals surface area contributed by atoms with E-state index >= 15 is 0 Å². The molecular formula is C9H12FNS. The molecule has 3 heteroatoms. The van der Waals surface area contributed by atoms with Gasteiger partial charge in [0, 0.05) is 12.3 Å². The summed E-state index contributed by atoms with van der Waals surface area (Å²) < 4.78 is 16.0. The third-order valence-corrected chi connectivity index (χ3v) is 2.38. The summed E-state index contributed by atoms with van der Waals surface area (Å²) in [7, 11) is 0. The summed E-state index contributed by atoms with van der Waals surface area (Å²) in [5.74, 6) is 0.559. The van der Waals surface area contributed by atoms with Gasteiger partial charge in [0.05, 0.1) is 0 Å². The molecule has 66 valence electrons. The van der Waals surface area contributed by atoms with Crippen LogP contribution in [0.2, 0.25) is 0 Å². The maximum absolute atomic E-state index is 13.0.